The van der Waals surface area contributed by atoms with Gasteiger partial charge in [0.15, 0.2) is 0 Å². The van der Waals surface area contributed by atoms with E-state index < -0.39 is 12.1 Å². The minimum absolute atomic E-state index is 0.302. The zero-order chi connectivity index (χ0) is 18.7. The number of amidine groups is 1. The van der Waals surface area contributed by atoms with Crippen LogP contribution in [-0.2, 0) is 11.3 Å². The van der Waals surface area contributed by atoms with Gasteiger partial charge in [0, 0.05) is 29.7 Å². The van der Waals surface area contributed by atoms with Gasteiger partial charge in [-0.3, -0.25) is 14.6 Å². The number of aliphatic imine (C=N–C) groups is 1. The SMILES string of the molecule is Cc1c[n+]2c(n1Cc1c(Cl)cccc1Cl)N=C1C2C(=O)N(C)C(=O)N1C. The molecule has 1 aromatic carbocycles. The molecule has 2 aromatic rings. The van der Waals surface area contributed by atoms with Gasteiger partial charge in [-0.1, -0.05) is 34.3 Å². The number of imide groups is 1. The smallest absolute Gasteiger partial charge is 0.270 e. The van der Waals surface area contributed by atoms with E-state index in [1.807, 2.05) is 17.7 Å². The number of halogens is 2. The van der Waals surface area contributed by atoms with Gasteiger partial charge in [-0.05, 0) is 19.1 Å². The summed E-state index contributed by atoms with van der Waals surface area (Å²) in [5.41, 5.74) is 1.69. The Morgan fingerprint density at radius 2 is 1.81 bits per heavy atom. The highest BCUT2D eigenvalue weighted by Gasteiger charge is 2.52. The number of nitrogens with zero attached hydrogens (tertiary/aromatic N) is 5. The molecule has 3 heterocycles. The number of rotatable bonds is 2. The lowest BCUT2D eigenvalue weighted by Crippen LogP contribution is -2.61. The zero-order valence-electron chi connectivity index (χ0n) is 14.4. The molecule has 9 heteroatoms. The van der Waals surface area contributed by atoms with Crippen molar-refractivity contribution in [3.05, 3.63) is 45.7 Å². The lowest BCUT2D eigenvalue weighted by Gasteiger charge is -2.30. The number of fused-ring (bicyclic) bond motifs is 3. The largest absolute Gasteiger partial charge is 0.402 e. The van der Waals surface area contributed by atoms with Crippen molar-refractivity contribution in [3.8, 4) is 0 Å². The van der Waals surface area contributed by atoms with Crippen LogP contribution in [0.2, 0.25) is 10.0 Å². The second-order valence-electron chi connectivity index (χ2n) is 6.38. The molecule has 0 radical (unpaired) electrons. The third-order valence-electron chi connectivity index (χ3n) is 4.82. The van der Waals surface area contributed by atoms with Gasteiger partial charge >= 0.3 is 12.0 Å². The Morgan fingerprint density at radius 1 is 1.15 bits per heavy atom. The Labute approximate surface area is 160 Å². The molecule has 26 heavy (non-hydrogen) atoms. The van der Waals surface area contributed by atoms with E-state index in [1.54, 1.807) is 29.8 Å². The molecule has 1 aromatic heterocycles. The lowest BCUT2D eigenvalue weighted by atomic mass is 10.2. The Hall–Kier alpha value is -2.38. The van der Waals surface area contributed by atoms with E-state index in [-0.39, 0.29) is 5.91 Å². The molecule has 0 spiro atoms. The third-order valence-corrected chi connectivity index (χ3v) is 5.53. The Kier molecular flexibility index (Phi) is 3.82. The first-order valence-corrected chi connectivity index (χ1v) is 8.75. The van der Waals surface area contributed by atoms with E-state index in [4.69, 9.17) is 23.2 Å². The van der Waals surface area contributed by atoms with Crippen molar-refractivity contribution in [1.29, 1.82) is 0 Å². The van der Waals surface area contributed by atoms with E-state index in [2.05, 4.69) is 4.99 Å². The summed E-state index contributed by atoms with van der Waals surface area (Å²) in [7, 11) is 3.09. The summed E-state index contributed by atoms with van der Waals surface area (Å²) in [6.07, 6.45) is 1.86. The maximum Gasteiger partial charge on any atom is 0.402 e. The number of urea groups is 1. The van der Waals surface area contributed by atoms with Gasteiger partial charge in [0.25, 0.3) is 5.91 Å². The summed E-state index contributed by atoms with van der Waals surface area (Å²) in [5, 5.41) is 1.13. The van der Waals surface area contributed by atoms with Gasteiger partial charge in [0.05, 0.1) is 6.54 Å². The van der Waals surface area contributed by atoms with Crippen molar-refractivity contribution < 1.29 is 14.2 Å². The van der Waals surface area contributed by atoms with Crippen LogP contribution >= 0.6 is 23.2 Å². The van der Waals surface area contributed by atoms with Crippen LogP contribution in [-0.4, -0.2) is 46.2 Å². The number of imidazole rings is 1. The highest BCUT2D eigenvalue weighted by molar-refractivity contribution is 6.36. The van der Waals surface area contributed by atoms with Crippen LogP contribution in [0.1, 0.15) is 17.3 Å². The van der Waals surface area contributed by atoms with Crippen molar-refractivity contribution >= 4 is 46.9 Å². The van der Waals surface area contributed by atoms with Crippen molar-refractivity contribution in [1.82, 2.24) is 14.4 Å². The third kappa shape index (κ3) is 2.27. The summed E-state index contributed by atoms with van der Waals surface area (Å²) in [6, 6.07) is 4.32. The summed E-state index contributed by atoms with van der Waals surface area (Å²) in [5.74, 6) is 0.706. The van der Waals surface area contributed by atoms with Crippen molar-refractivity contribution in [2.45, 2.75) is 19.5 Å². The molecule has 1 unspecified atom stereocenters. The van der Waals surface area contributed by atoms with Crippen molar-refractivity contribution in [3.63, 3.8) is 0 Å². The summed E-state index contributed by atoms with van der Waals surface area (Å²) < 4.78 is 3.72. The van der Waals surface area contributed by atoms with E-state index in [0.717, 1.165) is 16.2 Å². The molecule has 2 aliphatic heterocycles. The van der Waals surface area contributed by atoms with Gasteiger partial charge in [0.1, 0.15) is 11.9 Å². The lowest BCUT2D eigenvalue weighted by molar-refractivity contribution is -0.677. The first kappa shape index (κ1) is 17.1. The summed E-state index contributed by atoms with van der Waals surface area (Å²) in [4.78, 5) is 31.9. The van der Waals surface area contributed by atoms with E-state index in [9.17, 15) is 9.59 Å². The van der Waals surface area contributed by atoms with Crippen LogP contribution in [0.15, 0.2) is 29.4 Å². The van der Waals surface area contributed by atoms with Gasteiger partial charge in [0.2, 0.25) is 11.9 Å². The fraction of sp³-hybridized carbons (Fsp3) is 0.294. The standard InChI is InChI=1S/C17H16Cl2N5O2/c1-9-7-24-13-14(21(2)17(26)22(3)15(13)25)20-16(24)23(9)8-10-11(18)5-4-6-12(10)19/h4-7,13H,8H2,1-3H3/q+1. The quantitative estimate of drug-likeness (QED) is 0.737. The monoisotopic (exact) mass is 392 g/mol. The highest BCUT2D eigenvalue weighted by Crippen LogP contribution is 2.31. The van der Waals surface area contributed by atoms with Crippen LogP contribution in [0, 0.1) is 6.92 Å². The van der Waals surface area contributed by atoms with E-state index in [1.165, 1.54) is 11.9 Å². The molecule has 134 valence electrons. The Balaban J connectivity index is 1.82. The normalized spacial score (nSPS) is 19.0. The van der Waals surface area contributed by atoms with E-state index in [0.29, 0.717) is 28.4 Å². The molecule has 0 bridgehead atoms. The minimum Gasteiger partial charge on any atom is -0.270 e. The maximum absolute atomic E-state index is 12.6. The number of hydrogen-bond donors (Lipinski definition) is 0. The van der Waals surface area contributed by atoms with Crippen LogP contribution < -0.4 is 4.57 Å². The predicted octanol–water partition coefficient (Wildman–Crippen LogP) is 2.55. The number of carbonyl (C=O) groups excluding carboxylic acids is 2. The van der Waals surface area contributed by atoms with Crippen LogP contribution in [0.3, 0.4) is 0 Å². The summed E-state index contributed by atoms with van der Waals surface area (Å²) >= 11 is 12.6. The fourth-order valence-electron chi connectivity index (χ4n) is 3.35. The number of aromatic nitrogens is 2. The first-order valence-electron chi connectivity index (χ1n) is 7.99. The molecule has 1 saturated heterocycles. The van der Waals surface area contributed by atoms with Gasteiger partial charge in [-0.15, -0.1) is 0 Å². The average molecular weight is 393 g/mol. The Morgan fingerprint density at radius 3 is 2.46 bits per heavy atom. The highest BCUT2D eigenvalue weighted by atomic mass is 35.5. The number of benzene rings is 1. The topological polar surface area (TPSA) is 61.8 Å². The number of hydrogen-bond acceptors (Lipinski definition) is 3. The Bertz CT molecular complexity index is 977. The molecule has 1 atom stereocenters. The number of carbonyl (C=O) groups is 2. The number of amides is 3. The van der Waals surface area contributed by atoms with Crippen LogP contribution in [0.5, 0.6) is 0 Å². The van der Waals surface area contributed by atoms with Crippen LogP contribution in [0.4, 0.5) is 10.7 Å². The second-order valence-corrected chi connectivity index (χ2v) is 7.19. The zero-order valence-corrected chi connectivity index (χ0v) is 15.9. The molecular formula is C17H16Cl2N5O2+. The molecule has 0 N–H and O–H groups in total. The van der Waals surface area contributed by atoms with E-state index >= 15 is 0 Å². The maximum atomic E-state index is 12.6. The van der Waals surface area contributed by atoms with Crippen LogP contribution in [0.25, 0.3) is 0 Å². The average Bonchev–Trinajstić information content (AvgIpc) is 3.10. The van der Waals surface area contributed by atoms with Crippen molar-refractivity contribution in [2.24, 2.45) is 4.99 Å². The second kappa shape index (κ2) is 5.82. The van der Waals surface area contributed by atoms with Gasteiger partial charge < -0.3 is 0 Å². The van der Waals surface area contributed by atoms with Crippen molar-refractivity contribution in [2.75, 3.05) is 14.1 Å². The molecule has 4 rings (SSSR count). The fourth-order valence-corrected chi connectivity index (χ4v) is 3.86. The molecule has 0 aliphatic carbocycles. The molecule has 3 amide bonds. The van der Waals surface area contributed by atoms with Gasteiger partial charge in [-0.25, -0.2) is 13.9 Å². The minimum atomic E-state index is -0.639. The predicted molar refractivity (Wildman–Crippen MR) is 97.0 cm³/mol. The van der Waals surface area contributed by atoms with Gasteiger partial charge in [-0.2, -0.15) is 0 Å². The number of likely N-dealkylation sites (N-methyl/N-ethyl adjacent to an activating group) is 2. The molecule has 2 aliphatic rings. The molecule has 0 saturated carbocycles. The molecule has 7 nitrogen and oxygen atoms in total. The molecular weight excluding hydrogens is 377 g/mol. The first-order chi connectivity index (χ1) is 12.3. The number of aryl methyl sites for hydroxylation is 1. The molecule has 1 fully saturated rings. The summed E-state index contributed by atoms with van der Waals surface area (Å²) in [6.45, 7) is 2.34.